The van der Waals surface area contributed by atoms with Crippen LogP contribution >= 0.6 is 0 Å². The standard InChI is InChI=1S/C21H26F5N3O5/c1-10-5-6-12(30)11(2)14(10)16(32)27-7-13(31)18(34)29-9-20(22,23)19(3,4)15(29)17(33)28-8-21(24,25)26/h5-6,13,15,30-31H,7-9H2,1-4H3,(H,27,32)(H,28,33)/t13-,15+/m0/s1. The lowest BCUT2D eigenvalue weighted by Crippen LogP contribution is -2.56. The first-order valence-electron chi connectivity index (χ1n) is 10.2. The van der Waals surface area contributed by atoms with Crippen LogP contribution in [-0.4, -0.2) is 76.7 Å². The van der Waals surface area contributed by atoms with E-state index in [9.17, 15) is 46.5 Å². The minimum absolute atomic E-state index is 0.0814. The molecule has 4 N–H and O–H groups in total. The van der Waals surface area contributed by atoms with E-state index >= 15 is 0 Å². The van der Waals surface area contributed by atoms with Gasteiger partial charge in [-0.1, -0.05) is 19.9 Å². The number of amides is 3. The first-order valence-corrected chi connectivity index (χ1v) is 10.2. The van der Waals surface area contributed by atoms with Gasteiger partial charge in [0.15, 0.2) is 0 Å². The molecule has 1 aromatic carbocycles. The van der Waals surface area contributed by atoms with Gasteiger partial charge < -0.3 is 25.7 Å². The van der Waals surface area contributed by atoms with E-state index in [2.05, 4.69) is 5.32 Å². The van der Waals surface area contributed by atoms with E-state index in [4.69, 9.17) is 0 Å². The third kappa shape index (κ3) is 5.40. The summed E-state index contributed by atoms with van der Waals surface area (Å²) in [7, 11) is 0. The van der Waals surface area contributed by atoms with E-state index in [1.165, 1.54) is 24.4 Å². The van der Waals surface area contributed by atoms with Crippen molar-refractivity contribution in [2.75, 3.05) is 19.6 Å². The monoisotopic (exact) mass is 495 g/mol. The van der Waals surface area contributed by atoms with Gasteiger partial charge in [-0.05, 0) is 25.5 Å². The Labute approximate surface area is 192 Å². The largest absolute Gasteiger partial charge is 0.508 e. The van der Waals surface area contributed by atoms with E-state index in [1.807, 2.05) is 0 Å². The number of aryl methyl sites for hydroxylation is 1. The number of hydrogen-bond acceptors (Lipinski definition) is 5. The number of aliphatic hydroxyl groups excluding tert-OH is 1. The number of nitrogens with one attached hydrogen (secondary N) is 2. The van der Waals surface area contributed by atoms with E-state index < -0.39 is 67.0 Å². The van der Waals surface area contributed by atoms with Gasteiger partial charge in [-0.2, -0.15) is 13.2 Å². The van der Waals surface area contributed by atoms with Crippen molar-refractivity contribution in [3.8, 4) is 5.75 Å². The molecule has 0 unspecified atom stereocenters. The van der Waals surface area contributed by atoms with Crippen LogP contribution in [0, 0.1) is 19.3 Å². The highest BCUT2D eigenvalue weighted by Gasteiger charge is 2.64. The number of phenols is 1. The Hall–Kier alpha value is -2.96. The average Bonchev–Trinajstić information content (AvgIpc) is 2.90. The predicted octanol–water partition coefficient (Wildman–Crippen LogP) is 1.65. The number of carbonyl (C=O) groups is 3. The predicted molar refractivity (Wildman–Crippen MR) is 109 cm³/mol. The third-order valence-corrected chi connectivity index (χ3v) is 5.91. The van der Waals surface area contributed by atoms with Crippen LogP contribution in [0.25, 0.3) is 0 Å². The summed E-state index contributed by atoms with van der Waals surface area (Å²) in [6, 6.07) is 0.842. The van der Waals surface area contributed by atoms with Gasteiger partial charge in [-0.15, -0.1) is 0 Å². The Balaban J connectivity index is 2.19. The van der Waals surface area contributed by atoms with Crippen molar-refractivity contribution in [2.24, 2.45) is 5.41 Å². The quantitative estimate of drug-likeness (QED) is 0.448. The number of likely N-dealkylation sites (tertiary alicyclic amines) is 1. The number of halogens is 5. The molecule has 0 spiro atoms. The summed E-state index contributed by atoms with van der Waals surface area (Å²) in [6.45, 7) is 1.09. The van der Waals surface area contributed by atoms with Crippen LogP contribution in [-0.2, 0) is 9.59 Å². The molecule has 1 heterocycles. The lowest BCUT2D eigenvalue weighted by Gasteiger charge is -2.33. The third-order valence-electron chi connectivity index (χ3n) is 5.91. The Morgan fingerprint density at radius 2 is 1.76 bits per heavy atom. The highest BCUT2D eigenvalue weighted by Crippen LogP contribution is 2.48. The van der Waals surface area contributed by atoms with E-state index in [0.717, 1.165) is 13.8 Å². The summed E-state index contributed by atoms with van der Waals surface area (Å²) < 4.78 is 66.6. The fraction of sp³-hybridized carbons (Fsp3) is 0.571. The molecule has 0 radical (unpaired) electrons. The van der Waals surface area contributed by atoms with Crippen molar-refractivity contribution in [1.82, 2.24) is 15.5 Å². The summed E-state index contributed by atoms with van der Waals surface area (Å²) in [5.41, 5.74) is -1.44. The molecule has 190 valence electrons. The zero-order valence-corrected chi connectivity index (χ0v) is 18.9. The topological polar surface area (TPSA) is 119 Å². The number of phenolic OH excluding ortho intramolecular Hbond substituents is 1. The van der Waals surface area contributed by atoms with Crippen molar-refractivity contribution in [2.45, 2.75) is 51.9 Å². The zero-order valence-electron chi connectivity index (χ0n) is 18.9. The number of nitrogens with zero attached hydrogens (tertiary/aromatic N) is 1. The molecule has 2 rings (SSSR count). The van der Waals surface area contributed by atoms with Gasteiger partial charge >= 0.3 is 6.18 Å². The van der Waals surface area contributed by atoms with Crippen LogP contribution in [0.5, 0.6) is 5.75 Å². The molecule has 1 aromatic rings. The van der Waals surface area contributed by atoms with Gasteiger partial charge in [0.2, 0.25) is 5.91 Å². The Bertz CT molecular complexity index is 980. The normalized spacial score (nSPS) is 20.1. The summed E-state index contributed by atoms with van der Waals surface area (Å²) >= 11 is 0. The zero-order chi connectivity index (χ0) is 26.2. The lowest BCUT2D eigenvalue weighted by molar-refractivity contribution is -0.150. The van der Waals surface area contributed by atoms with E-state index in [-0.39, 0.29) is 16.9 Å². The number of hydrogen-bond donors (Lipinski definition) is 4. The first kappa shape index (κ1) is 27.3. The molecule has 1 aliphatic heterocycles. The molecule has 0 aliphatic carbocycles. The van der Waals surface area contributed by atoms with Crippen LogP contribution in [0.15, 0.2) is 12.1 Å². The first-order chi connectivity index (χ1) is 15.4. The molecule has 0 saturated carbocycles. The molecular formula is C21H26F5N3O5. The van der Waals surface area contributed by atoms with Crippen molar-refractivity contribution < 1.29 is 46.5 Å². The maximum Gasteiger partial charge on any atom is 0.405 e. The van der Waals surface area contributed by atoms with Gasteiger partial charge in [0.1, 0.15) is 24.4 Å². The van der Waals surface area contributed by atoms with Crippen LogP contribution in [0.3, 0.4) is 0 Å². The summed E-state index contributed by atoms with van der Waals surface area (Å²) in [6.07, 6.45) is -6.87. The van der Waals surface area contributed by atoms with Gasteiger partial charge in [-0.3, -0.25) is 14.4 Å². The van der Waals surface area contributed by atoms with Gasteiger partial charge in [-0.25, -0.2) is 8.78 Å². The molecule has 0 aromatic heterocycles. The Morgan fingerprint density at radius 1 is 1.18 bits per heavy atom. The molecular weight excluding hydrogens is 469 g/mol. The molecule has 13 heteroatoms. The molecule has 2 atom stereocenters. The lowest BCUT2D eigenvalue weighted by atomic mass is 9.81. The summed E-state index contributed by atoms with van der Waals surface area (Å²) in [4.78, 5) is 37.9. The average molecular weight is 495 g/mol. The number of rotatable bonds is 6. The number of carbonyl (C=O) groups excluding carboxylic acids is 3. The second-order valence-corrected chi connectivity index (χ2v) is 8.76. The van der Waals surface area contributed by atoms with Gasteiger partial charge in [0, 0.05) is 11.1 Å². The van der Waals surface area contributed by atoms with Crippen LogP contribution in [0.4, 0.5) is 22.0 Å². The molecule has 1 saturated heterocycles. The van der Waals surface area contributed by atoms with Crippen molar-refractivity contribution >= 4 is 17.7 Å². The molecule has 3 amide bonds. The SMILES string of the molecule is Cc1ccc(O)c(C)c1C(=O)NC[C@H](O)C(=O)N1CC(F)(F)C(C)(C)[C@H]1C(=O)NCC(F)(F)F. The Morgan fingerprint density at radius 3 is 2.32 bits per heavy atom. The summed E-state index contributed by atoms with van der Waals surface area (Å²) in [5.74, 6) is -7.38. The minimum Gasteiger partial charge on any atom is -0.508 e. The van der Waals surface area contributed by atoms with E-state index in [1.54, 1.807) is 6.92 Å². The highest BCUT2D eigenvalue weighted by molar-refractivity contribution is 5.98. The second-order valence-electron chi connectivity index (χ2n) is 8.76. The van der Waals surface area contributed by atoms with Crippen molar-refractivity contribution in [1.29, 1.82) is 0 Å². The minimum atomic E-state index is -4.80. The van der Waals surface area contributed by atoms with Crippen molar-refractivity contribution in [3.63, 3.8) is 0 Å². The fourth-order valence-corrected chi connectivity index (χ4v) is 3.80. The smallest absolute Gasteiger partial charge is 0.405 e. The van der Waals surface area contributed by atoms with Crippen LogP contribution < -0.4 is 10.6 Å². The van der Waals surface area contributed by atoms with Crippen LogP contribution in [0.2, 0.25) is 0 Å². The number of alkyl halides is 5. The fourth-order valence-electron chi connectivity index (χ4n) is 3.80. The molecule has 0 bridgehead atoms. The van der Waals surface area contributed by atoms with Gasteiger partial charge in [0.25, 0.3) is 17.7 Å². The maximum absolute atomic E-state index is 14.6. The molecule has 34 heavy (non-hydrogen) atoms. The molecule has 1 aliphatic rings. The second kappa shape index (κ2) is 9.35. The van der Waals surface area contributed by atoms with E-state index in [0.29, 0.717) is 10.5 Å². The van der Waals surface area contributed by atoms with Crippen LogP contribution in [0.1, 0.15) is 35.3 Å². The summed E-state index contributed by atoms with van der Waals surface area (Å²) in [5, 5.41) is 23.8. The molecule has 8 nitrogen and oxygen atoms in total. The highest BCUT2D eigenvalue weighted by atomic mass is 19.4. The Kier molecular flexibility index (Phi) is 7.51. The maximum atomic E-state index is 14.6. The number of aromatic hydroxyl groups is 1. The number of aliphatic hydroxyl groups is 1. The molecule has 1 fully saturated rings. The van der Waals surface area contributed by atoms with Crippen molar-refractivity contribution in [3.05, 3.63) is 28.8 Å². The van der Waals surface area contributed by atoms with Gasteiger partial charge in [0.05, 0.1) is 18.5 Å². The number of benzene rings is 1.